The van der Waals surface area contributed by atoms with E-state index >= 15 is 0 Å². The second-order valence-electron chi connectivity index (χ2n) is 4.27. The summed E-state index contributed by atoms with van der Waals surface area (Å²) < 4.78 is 0. The lowest BCUT2D eigenvalue weighted by Gasteiger charge is -2.18. The number of hydrogen-bond donors (Lipinski definition) is 1. The molecule has 98 valence electrons. The van der Waals surface area contributed by atoms with Crippen molar-refractivity contribution in [3.8, 4) is 0 Å². The predicted molar refractivity (Wildman–Crippen MR) is 79.3 cm³/mol. The van der Waals surface area contributed by atoms with Gasteiger partial charge in [-0.25, -0.2) is 9.97 Å². The highest BCUT2D eigenvalue weighted by molar-refractivity contribution is 5.48. The molecule has 0 saturated carbocycles. The highest BCUT2D eigenvalue weighted by Gasteiger charge is 2.04. The molecular weight excluding hydrogens is 236 g/mol. The van der Waals surface area contributed by atoms with Crippen LogP contribution in [0.25, 0.3) is 0 Å². The Balaban J connectivity index is 2.06. The van der Waals surface area contributed by atoms with Gasteiger partial charge in [0.25, 0.3) is 0 Å². The van der Waals surface area contributed by atoms with Crippen LogP contribution in [0.4, 0.5) is 11.6 Å². The minimum absolute atomic E-state index is 0.693. The Labute approximate surface area is 113 Å². The minimum atomic E-state index is 0.693. The summed E-state index contributed by atoms with van der Waals surface area (Å²) in [4.78, 5) is 10.6. The lowest BCUT2D eigenvalue weighted by Crippen LogP contribution is -2.18. The molecule has 4 nitrogen and oxygen atoms in total. The van der Waals surface area contributed by atoms with Crippen LogP contribution in [-0.2, 0) is 6.54 Å². The van der Waals surface area contributed by atoms with Crippen LogP contribution < -0.4 is 10.2 Å². The second kappa shape index (κ2) is 6.54. The van der Waals surface area contributed by atoms with Gasteiger partial charge in [0, 0.05) is 26.2 Å². The SMILES string of the molecule is C=CCNc1cc(N(C)Cc2ccccc2)ncn1. The highest BCUT2D eigenvalue weighted by atomic mass is 15.2. The maximum atomic E-state index is 4.29. The van der Waals surface area contributed by atoms with Crippen molar-refractivity contribution >= 4 is 11.6 Å². The molecule has 0 aliphatic carbocycles. The molecule has 0 aliphatic rings. The van der Waals surface area contributed by atoms with E-state index < -0.39 is 0 Å². The van der Waals surface area contributed by atoms with Crippen molar-refractivity contribution in [1.82, 2.24) is 9.97 Å². The summed E-state index contributed by atoms with van der Waals surface area (Å²) in [5.74, 6) is 1.70. The Bertz CT molecular complexity index is 525. The Morgan fingerprint density at radius 2 is 2.05 bits per heavy atom. The summed E-state index contributed by atoms with van der Waals surface area (Å²) in [6, 6.07) is 12.3. The molecule has 19 heavy (non-hydrogen) atoms. The van der Waals surface area contributed by atoms with E-state index in [0.717, 1.165) is 18.2 Å². The van der Waals surface area contributed by atoms with Gasteiger partial charge in [-0.2, -0.15) is 0 Å². The summed E-state index contributed by atoms with van der Waals surface area (Å²) in [6.45, 7) is 5.18. The quantitative estimate of drug-likeness (QED) is 0.805. The fourth-order valence-corrected chi connectivity index (χ4v) is 1.77. The third-order valence-electron chi connectivity index (χ3n) is 2.73. The minimum Gasteiger partial charge on any atom is -0.366 e. The van der Waals surface area contributed by atoms with Gasteiger partial charge < -0.3 is 10.2 Å². The van der Waals surface area contributed by atoms with Crippen molar-refractivity contribution in [2.24, 2.45) is 0 Å². The number of anilines is 2. The van der Waals surface area contributed by atoms with Gasteiger partial charge in [0.15, 0.2) is 0 Å². The van der Waals surface area contributed by atoms with Crippen molar-refractivity contribution in [2.45, 2.75) is 6.54 Å². The molecule has 0 amide bonds. The van der Waals surface area contributed by atoms with Crippen molar-refractivity contribution in [1.29, 1.82) is 0 Å². The van der Waals surface area contributed by atoms with Crippen molar-refractivity contribution in [3.05, 3.63) is 60.9 Å². The maximum absolute atomic E-state index is 4.29. The molecule has 1 aromatic heterocycles. The van der Waals surface area contributed by atoms with E-state index in [9.17, 15) is 0 Å². The lowest BCUT2D eigenvalue weighted by molar-refractivity contribution is 0.891. The van der Waals surface area contributed by atoms with E-state index in [2.05, 4.69) is 38.9 Å². The number of benzene rings is 1. The molecule has 1 N–H and O–H groups in total. The van der Waals surface area contributed by atoms with Crippen LogP contribution in [0.1, 0.15) is 5.56 Å². The molecule has 4 heteroatoms. The van der Waals surface area contributed by atoms with E-state index in [0.29, 0.717) is 6.54 Å². The topological polar surface area (TPSA) is 41.0 Å². The molecule has 0 aliphatic heterocycles. The summed E-state index contributed by atoms with van der Waals surface area (Å²) >= 11 is 0. The normalized spacial score (nSPS) is 9.95. The van der Waals surface area contributed by atoms with Crippen LogP contribution in [0.5, 0.6) is 0 Å². The zero-order valence-corrected chi connectivity index (χ0v) is 11.1. The predicted octanol–water partition coefficient (Wildman–Crippen LogP) is 2.71. The first-order chi connectivity index (χ1) is 9.29. The fourth-order valence-electron chi connectivity index (χ4n) is 1.77. The molecule has 0 fully saturated rings. The second-order valence-corrected chi connectivity index (χ2v) is 4.27. The highest BCUT2D eigenvalue weighted by Crippen LogP contribution is 2.15. The Hall–Kier alpha value is -2.36. The first kappa shape index (κ1) is 13.1. The smallest absolute Gasteiger partial charge is 0.134 e. The van der Waals surface area contributed by atoms with Gasteiger partial charge in [-0.05, 0) is 5.56 Å². The third-order valence-corrected chi connectivity index (χ3v) is 2.73. The zero-order chi connectivity index (χ0) is 13.5. The van der Waals surface area contributed by atoms with Crippen LogP contribution >= 0.6 is 0 Å². The summed E-state index contributed by atoms with van der Waals surface area (Å²) in [5, 5.41) is 3.16. The van der Waals surface area contributed by atoms with Gasteiger partial charge in [-0.1, -0.05) is 36.4 Å². The lowest BCUT2D eigenvalue weighted by atomic mass is 10.2. The number of aromatic nitrogens is 2. The van der Waals surface area contributed by atoms with Gasteiger partial charge in [0.05, 0.1) is 0 Å². The molecule has 0 bridgehead atoms. The summed E-state index contributed by atoms with van der Waals surface area (Å²) in [5.41, 5.74) is 1.25. The standard InChI is InChI=1S/C15H18N4/c1-3-9-16-14-10-15(18-12-17-14)19(2)11-13-7-5-4-6-8-13/h3-8,10,12H,1,9,11H2,2H3,(H,16,17,18). The zero-order valence-electron chi connectivity index (χ0n) is 11.1. The van der Waals surface area contributed by atoms with E-state index in [1.165, 1.54) is 5.56 Å². The number of hydrogen-bond acceptors (Lipinski definition) is 4. The van der Waals surface area contributed by atoms with Gasteiger partial charge in [-0.3, -0.25) is 0 Å². The van der Waals surface area contributed by atoms with Gasteiger partial charge in [-0.15, -0.1) is 6.58 Å². The first-order valence-electron chi connectivity index (χ1n) is 6.21. The number of nitrogens with one attached hydrogen (secondary N) is 1. The van der Waals surface area contributed by atoms with E-state index in [-0.39, 0.29) is 0 Å². The van der Waals surface area contributed by atoms with Gasteiger partial charge in [0.2, 0.25) is 0 Å². The molecule has 0 radical (unpaired) electrons. The van der Waals surface area contributed by atoms with Crippen molar-refractivity contribution < 1.29 is 0 Å². The molecular formula is C15H18N4. The summed E-state index contributed by atoms with van der Waals surface area (Å²) in [6.07, 6.45) is 3.37. The van der Waals surface area contributed by atoms with Gasteiger partial charge >= 0.3 is 0 Å². The molecule has 2 aromatic rings. The Kier molecular flexibility index (Phi) is 4.50. The number of nitrogens with zero attached hydrogens (tertiary/aromatic N) is 3. The molecule has 1 heterocycles. The van der Waals surface area contributed by atoms with Gasteiger partial charge in [0.1, 0.15) is 18.0 Å². The molecule has 0 unspecified atom stereocenters. The largest absolute Gasteiger partial charge is 0.366 e. The molecule has 2 rings (SSSR count). The van der Waals surface area contributed by atoms with E-state index in [4.69, 9.17) is 0 Å². The van der Waals surface area contributed by atoms with Crippen LogP contribution in [0.15, 0.2) is 55.4 Å². The van der Waals surface area contributed by atoms with E-state index in [1.54, 1.807) is 12.4 Å². The summed E-state index contributed by atoms with van der Waals surface area (Å²) in [7, 11) is 2.02. The van der Waals surface area contributed by atoms with Crippen LogP contribution in [0.3, 0.4) is 0 Å². The van der Waals surface area contributed by atoms with Crippen LogP contribution in [-0.4, -0.2) is 23.6 Å². The van der Waals surface area contributed by atoms with Crippen molar-refractivity contribution in [3.63, 3.8) is 0 Å². The van der Waals surface area contributed by atoms with Crippen molar-refractivity contribution in [2.75, 3.05) is 23.8 Å². The maximum Gasteiger partial charge on any atom is 0.134 e. The average molecular weight is 254 g/mol. The average Bonchev–Trinajstić information content (AvgIpc) is 2.46. The molecule has 0 saturated heterocycles. The van der Waals surface area contributed by atoms with Crippen LogP contribution in [0, 0.1) is 0 Å². The molecule has 0 spiro atoms. The third kappa shape index (κ3) is 3.81. The first-order valence-corrected chi connectivity index (χ1v) is 6.21. The number of rotatable bonds is 6. The Morgan fingerprint density at radius 3 is 2.79 bits per heavy atom. The molecule has 0 atom stereocenters. The Morgan fingerprint density at radius 1 is 1.26 bits per heavy atom. The molecule has 1 aromatic carbocycles. The van der Waals surface area contributed by atoms with E-state index in [1.807, 2.05) is 31.3 Å². The van der Waals surface area contributed by atoms with Crippen LogP contribution in [0.2, 0.25) is 0 Å². The monoisotopic (exact) mass is 254 g/mol. The fraction of sp³-hybridized carbons (Fsp3) is 0.200.